The van der Waals surface area contributed by atoms with E-state index in [0.29, 0.717) is 0 Å². The van der Waals surface area contributed by atoms with Crippen LogP contribution >= 0.6 is 0 Å². The van der Waals surface area contributed by atoms with Crippen molar-refractivity contribution >= 4 is 0 Å². The molecule has 1 rings (SSSR count). The molecule has 3 heteroatoms. The van der Waals surface area contributed by atoms with Crippen LogP contribution in [0.1, 0.15) is 0 Å². The summed E-state index contributed by atoms with van der Waals surface area (Å²) in [6.45, 7) is 1.79. The molecule has 0 amide bonds. The zero-order valence-corrected chi connectivity index (χ0v) is 4.40. The highest BCUT2D eigenvalue weighted by molar-refractivity contribution is 4.56. The average Bonchev–Trinajstić information content (AvgIpc) is 2.14. The molecule has 0 radical (unpaired) electrons. The number of nitrogens with one attached hydrogen (secondary N) is 2. The van der Waals surface area contributed by atoms with E-state index >= 15 is 0 Å². The Labute approximate surface area is 43.0 Å². The van der Waals surface area contributed by atoms with Crippen LogP contribution in [0.2, 0.25) is 0 Å². The van der Waals surface area contributed by atoms with Crippen molar-refractivity contribution in [3.63, 3.8) is 0 Å². The maximum absolute atomic E-state index is 5.08. The lowest BCUT2D eigenvalue weighted by Gasteiger charge is -2.04. The van der Waals surface area contributed by atoms with Gasteiger partial charge in [-0.2, -0.15) is 0 Å². The molecule has 0 aromatic carbocycles. The van der Waals surface area contributed by atoms with Crippen molar-refractivity contribution in [2.24, 2.45) is 0 Å². The van der Waals surface area contributed by atoms with E-state index in [1.165, 1.54) is 0 Å². The van der Waals surface area contributed by atoms with Gasteiger partial charge in [-0.3, -0.25) is 10.6 Å². The van der Waals surface area contributed by atoms with Crippen LogP contribution in [0.4, 0.5) is 0 Å². The van der Waals surface area contributed by atoms with E-state index in [2.05, 4.69) is 10.6 Å². The lowest BCUT2D eigenvalue weighted by atomic mass is 10.7. The summed E-state index contributed by atoms with van der Waals surface area (Å²) in [6.07, 6.45) is 0.0972. The van der Waals surface area contributed by atoms with Crippen LogP contribution in [0.3, 0.4) is 0 Å². The van der Waals surface area contributed by atoms with Gasteiger partial charge in [-0.05, 0) is 7.05 Å². The molecule has 0 bridgehead atoms. The quantitative estimate of drug-likeness (QED) is 0.450. The fraction of sp³-hybridized carbons (Fsp3) is 1.00. The summed E-state index contributed by atoms with van der Waals surface area (Å²) in [5.41, 5.74) is 0. The Balaban J connectivity index is 2.14. The third-order valence-corrected chi connectivity index (χ3v) is 0.979. The van der Waals surface area contributed by atoms with Crippen molar-refractivity contribution in [2.45, 2.75) is 6.35 Å². The van der Waals surface area contributed by atoms with E-state index in [1.807, 2.05) is 7.05 Å². The highest BCUT2D eigenvalue weighted by Crippen LogP contribution is 1.87. The van der Waals surface area contributed by atoms with Crippen molar-refractivity contribution in [1.29, 1.82) is 0 Å². The van der Waals surface area contributed by atoms with E-state index in [9.17, 15) is 0 Å². The third kappa shape index (κ3) is 1.12. The Hall–Kier alpha value is -0.120. The Kier molecular flexibility index (Phi) is 1.62. The molecule has 1 saturated heterocycles. The molecule has 1 aliphatic heterocycles. The molecule has 1 aliphatic rings. The Morgan fingerprint density at radius 1 is 1.86 bits per heavy atom. The van der Waals surface area contributed by atoms with Gasteiger partial charge in [0.2, 0.25) is 0 Å². The van der Waals surface area contributed by atoms with Gasteiger partial charge in [0.25, 0.3) is 0 Å². The smallest absolute Gasteiger partial charge is 0.163 e. The SMILES string of the molecule is CNC1NCCO1. The van der Waals surface area contributed by atoms with Crippen molar-refractivity contribution < 1.29 is 4.74 Å². The van der Waals surface area contributed by atoms with Crippen molar-refractivity contribution in [3.05, 3.63) is 0 Å². The molecule has 1 unspecified atom stereocenters. The summed E-state index contributed by atoms with van der Waals surface area (Å²) in [6, 6.07) is 0. The average molecular weight is 102 g/mol. The topological polar surface area (TPSA) is 33.3 Å². The van der Waals surface area contributed by atoms with Gasteiger partial charge >= 0.3 is 0 Å². The fourth-order valence-electron chi connectivity index (χ4n) is 0.611. The normalized spacial score (nSPS) is 31.3. The van der Waals surface area contributed by atoms with Crippen LogP contribution < -0.4 is 10.6 Å². The van der Waals surface area contributed by atoms with Crippen LogP contribution in [-0.4, -0.2) is 26.6 Å². The maximum Gasteiger partial charge on any atom is 0.163 e. The molecular formula is C4H10N2O. The molecule has 0 aliphatic carbocycles. The molecule has 0 aromatic heterocycles. The molecule has 42 valence electrons. The minimum atomic E-state index is 0.0972. The fourth-order valence-corrected chi connectivity index (χ4v) is 0.611. The van der Waals surface area contributed by atoms with Gasteiger partial charge in [-0.1, -0.05) is 0 Å². The minimum Gasteiger partial charge on any atom is -0.349 e. The predicted molar refractivity (Wildman–Crippen MR) is 26.8 cm³/mol. The second-order valence-electron chi connectivity index (χ2n) is 1.49. The zero-order valence-electron chi connectivity index (χ0n) is 4.40. The summed E-state index contributed by atoms with van der Waals surface area (Å²) in [5.74, 6) is 0. The summed E-state index contributed by atoms with van der Waals surface area (Å²) < 4.78 is 5.08. The van der Waals surface area contributed by atoms with Crippen LogP contribution in [0.15, 0.2) is 0 Å². The molecule has 2 N–H and O–H groups in total. The van der Waals surface area contributed by atoms with Gasteiger partial charge in [0, 0.05) is 6.54 Å². The van der Waals surface area contributed by atoms with Crippen LogP contribution in [0.5, 0.6) is 0 Å². The molecule has 3 nitrogen and oxygen atoms in total. The summed E-state index contributed by atoms with van der Waals surface area (Å²) in [5, 5.41) is 6.00. The molecular weight excluding hydrogens is 92.1 g/mol. The number of hydrogen-bond acceptors (Lipinski definition) is 3. The van der Waals surface area contributed by atoms with E-state index in [1.54, 1.807) is 0 Å². The Morgan fingerprint density at radius 2 is 2.71 bits per heavy atom. The van der Waals surface area contributed by atoms with E-state index in [4.69, 9.17) is 4.74 Å². The molecule has 0 spiro atoms. The zero-order chi connectivity index (χ0) is 5.11. The number of hydrogen-bond donors (Lipinski definition) is 2. The first-order valence-electron chi connectivity index (χ1n) is 2.46. The van der Waals surface area contributed by atoms with Gasteiger partial charge in [-0.15, -0.1) is 0 Å². The highest BCUT2D eigenvalue weighted by Gasteiger charge is 2.09. The monoisotopic (exact) mass is 102 g/mol. The van der Waals surface area contributed by atoms with Gasteiger partial charge < -0.3 is 4.74 Å². The lowest BCUT2D eigenvalue weighted by Crippen LogP contribution is -2.35. The van der Waals surface area contributed by atoms with Gasteiger partial charge in [-0.25, -0.2) is 0 Å². The Bertz CT molecular complexity index is 51.7. The third-order valence-electron chi connectivity index (χ3n) is 0.979. The number of ether oxygens (including phenoxy) is 1. The first kappa shape index (κ1) is 5.03. The maximum atomic E-state index is 5.08. The van der Waals surface area contributed by atoms with Crippen LogP contribution in [-0.2, 0) is 4.74 Å². The van der Waals surface area contributed by atoms with Crippen molar-refractivity contribution in [1.82, 2.24) is 10.6 Å². The summed E-state index contributed by atoms with van der Waals surface area (Å²) >= 11 is 0. The van der Waals surface area contributed by atoms with Crippen LogP contribution in [0, 0.1) is 0 Å². The summed E-state index contributed by atoms with van der Waals surface area (Å²) in [7, 11) is 1.86. The second-order valence-corrected chi connectivity index (χ2v) is 1.49. The Morgan fingerprint density at radius 3 is 3.00 bits per heavy atom. The van der Waals surface area contributed by atoms with Gasteiger partial charge in [0.05, 0.1) is 6.61 Å². The standard InChI is InChI=1S/C4H10N2O/c1-5-4-6-2-3-7-4/h4-6H,2-3H2,1H3. The van der Waals surface area contributed by atoms with Gasteiger partial charge in [0.15, 0.2) is 6.35 Å². The second kappa shape index (κ2) is 2.26. The minimum absolute atomic E-state index is 0.0972. The molecule has 1 atom stereocenters. The predicted octanol–water partition coefficient (Wildman–Crippen LogP) is -0.891. The van der Waals surface area contributed by atoms with Gasteiger partial charge in [0.1, 0.15) is 0 Å². The highest BCUT2D eigenvalue weighted by atomic mass is 16.5. The molecule has 0 aromatic rings. The van der Waals surface area contributed by atoms with Crippen LogP contribution in [0.25, 0.3) is 0 Å². The first-order valence-corrected chi connectivity index (χ1v) is 2.46. The number of rotatable bonds is 1. The van der Waals surface area contributed by atoms with Crippen molar-refractivity contribution in [2.75, 3.05) is 20.2 Å². The van der Waals surface area contributed by atoms with Crippen molar-refractivity contribution in [3.8, 4) is 0 Å². The van der Waals surface area contributed by atoms with E-state index in [0.717, 1.165) is 13.2 Å². The first-order chi connectivity index (χ1) is 3.43. The molecule has 0 saturated carbocycles. The summed E-state index contributed by atoms with van der Waals surface area (Å²) in [4.78, 5) is 0. The van der Waals surface area contributed by atoms with E-state index < -0.39 is 0 Å². The lowest BCUT2D eigenvalue weighted by molar-refractivity contribution is 0.0804. The molecule has 1 fully saturated rings. The molecule has 7 heavy (non-hydrogen) atoms. The van der Waals surface area contributed by atoms with E-state index in [-0.39, 0.29) is 6.35 Å². The molecule has 1 heterocycles. The largest absolute Gasteiger partial charge is 0.349 e.